The first-order valence-electron chi connectivity index (χ1n) is 8.99. The van der Waals surface area contributed by atoms with Gasteiger partial charge in [-0.25, -0.2) is 9.07 Å². The molecule has 0 aliphatic carbocycles. The summed E-state index contributed by atoms with van der Waals surface area (Å²) in [6.45, 7) is 5.22. The van der Waals surface area contributed by atoms with Gasteiger partial charge in [-0.2, -0.15) is 0 Å². The zero-order chi connectivity index (χ0) is 19.9. The van der Waals surface area contributed by atoms with Crippen molar-refractivity contribution in [2.45, 2.75) is 18.6 Å². The summed E-state index contributed by atoms with van der Waals surface area (Å²) in [5.74, 6) is -0.187. The van der Waals surface area contributed by atoms with Crippen LogP contribution in [0.1, 0.15) is 6.92 Å². The fourth-order valence-corrected chi connectivity index (χ4v) is 3.65. The number of tetrazole rings is 1. The molecule has 0 atom stereocenters. The molecule has 2 aromatic rings. The van der Waals surface area contributed by atoms with Gasteiger partial charge in [0.1, 0.15) is 5.82 Å². The number of rotatable bonds is 7. The number of amides is 2. The minimum atomic E-state index is -0.344. The summed E-state index contributed by atoms with van der Waals surface area (Å²) in [7, 11) is 0. The van der Waals surface area contributed by atoms with Crippen molar-refractivity contribution in [2.75, 3.05) is 43.8 Å². The van der Waals surface area contributed by atoms with Gasteiger partial charge in [-0.05, 0) is 41.6 Å². The number of anilines is 1. The highest BCUT2D eigenvalue weighted by molar-refractivity contribution is 7.99. The molecule has 0 unspecified atom stereocenters. The fraction of sp³-hybridized carbons (Fsp3) is 0.471. The normalized spacial score (nSPS) is 14.9. The Bertz CT molecular complexity index is 806. The third-order valence-electron chi connectivity index (χ3n) is 4.34. The third-order valence-corrected chi connectivity index (χ3v) is 5.29. The van der Waals surface area contributed by atoms with Crippen LogP contribution in [-0.2, 0) is 16.1 Å². The molecule has 0 spiro atoms. The van der Waals surface area contributed by atoms with Crippen molar-refractivity contribution in [2.24, 2.45) is 0 Å². The number of piperazine rings is 1. The van der Waals surface area contributed by atoms with Crippen molar-refractivity contribution in [3.05, 3.63) is 30.1 Å². The van der Waals surface area contributed by atoms with Gasteiger partial charge in [0.25, 0.3) is 0 Å². The zero-order valence-corrected chi connectivity index (χ0v) is 16.4. The first kappa shape index (κ1) is 20.2. The standard InChI is InChI=1S/C17H22FN7O2S/c1-2-25-17(20-21-22-25)28-12-16(27)24-9-7-23(8-10-24)11-15(26)19-14-5-3-13(18)4-6-14/h3-6H,2,7-12H2,1H3,(H,19,26). The summed E-state index contributed by atoms with van der Waals surface area (Å²) >= 11 is 1.32. The smallest absolute Gasteiger partial charge is 0.238 e. The number of hydrogen-bond donors (Lipinski definition) is 1. The number of thioether (sulfide) groups is 1. The van der Waals surface area contributed by atoms with E-state index in [0.717, 1.165) is 0 Å². The van der Waals surface area contributed by atoms with Crippen molar-refractivity contribution < 1.29 is 14.0 Å². The van der Waals surface area contributed by atoms with E-state index >= 15 is 0 Å². The zero-order valence-electron chi connectivity index (χ0n) is 15.5. The van der Waals surface area contributed by atoms with E-state index in [4.69, 9.17) is 0 Å². The first-order valence-corrected chi connectivity index (χ1v) is 9.98. The second-order valence-corrected chi connectivity index (χ2v) is 7.22. The Balaban J connectivity index is 1.39. The number of hydrogen-bond acceptors (Lipinski definition) is 7. The lowest BCUT2D eigenvalue weighted by molar-refractivity contribution is -0.130. The van der Waals surface area contributed by atoms with Crippen molar-refractivity contribution in [1.82, 2.24) is 30.0 Å². The van der Waals surface area contributed by atoms with Gasteiger partial charge in [0, 0.05) is 38.4 Å². The highest BCUT2D eigenvalue weighted by atomic mass is 32.2. The Kier molecular flexibility index (Phi) is 6.93. The summed E-state index contributed by atoms with van der Waals surface area (Å²) in [6, 6.07) is 5.65. The molecule has 28 heavy (non-hydrogen) atoms. The molecule has 1 aromatic heterocycles. The largest absolute Gasteiger partial charge is 0.339 e. The Hall–Kier alpha value is -2.53. The molecule has 2 heterocycles. The molecular formula is C17H22FN7O2S. The Morgan fingerprint density at radius 3 is 2.57 bits per heavy atom. The minimum Gasteiger partial charge on any atom is -0.339 e. The van der Waals surface area contributed by atoms with E-state index in [2.05, 4.69) is 20.8 Å². The molecule has 1 aliphatic heterocycles. The number of benzene rings is 1. The SMILES string of the molecule is CCn1nnnc1SCC(=O)N1CCN(CC(=O)Nc2ccc(F)cc2)CC1. The quantitative estimate of drug-likeness (QED) is 0.675. The van der Waals surface area contributed by atoms with E-state index in [1.165, 1.54) is 36.0 Å². The van der Waals surface area contributed by atoms with Gasteiger partial charge in [-0.15, -0.1) is 5.10 Å². The highest BCUT2D eigenvalue weighted by Crippen LogP contribution is 2.15. The lowest BCUT2D eigenvalue weighted by Crippen LogP contribution is -2.50. The van der Waals surface area contributed by atoms with E-state index in [1.54, 1.807) is 9.58 Å². The van der Waals surface area contributed by atoms with Crippen LogP contribution in [0.5, 0.6) is 0 Å². The molecule has 0 radical (unpaired) electrons. The van der Waals surface area contributed by atoms with Gasteiger partial charge in [0.15, 0.2) is 0 Å². The second-order valence-electron chi connectivity index (χ2n) is 6.28. The molecular weight excluding hydrogens is 385 g/mol. The molecule has 2 amide bonds. The first-order chi connectivity index (χ1) is 13.5. The number of halogens is 1. The average molecular weight is 407 g/mol. The second kappa shape index (κ2) is 9.60. The molecule has 11 heteroatoms. The van der Waals surface area contributed by atoms with E-state index in [-0.39, 0.29) is 29.9 Å². The Morgan fingerprint density at radius 1 is 1.18 bits per heavy atom. The van der Waals surface area contributed by atoms with Crippen LogP contribution in [0.2, 0.25) is 0 Å². The number of carbonyl (C=O) groups excluding carboxylic acids is 2. The highest BCUT2D eigenvalue weighted by Gasteiger charge is 2.23. The van der Waals surface area contributed by atoms with Crippen molar-refractivity contribution in [3.8, 4) is 0 Å². The number of nitrogens with one attached hydrogen (secondary N) is 1. The molecule has 1 aromatic carbocycles. The van der Waals surface area contributed by atoms with Crippen LogP contribution in [0.15, 0.2) is 29.4 Å². The molecule has 0 saturated carbocycles. The molecule has 150 valence electrons. The maximum Gasteiger partial charge on any atom is 0.238 e. The van der Waals surface area contributed by atoms with Crippen molar-refractivity contribution in [3.63, 3.8) is 0 Å². The van der Waals surface area contributed by atoms with E-state index < -0.39 is 0 Å². The number of nitrogens with zero attached hydrogens (tertiary/aromatic N) is 6. The summed E-state index contributed by atoms with van der Waals surface area (Å²) in [4.78, 5) is 28.3. The van der Waals surface area contributed by atoms with Crippen LogP contribution in [0.3, 0.4) is 0 Å². The molecule has 1 fully saturated rings. The number of aryl methyl sites for hydroxylation is 1. The Labute approximate surface area is 166 Å². The lowest BCUT2D eigenvalue weighted by Gasteiger charge is -2.34. The van der Waals surface area contributed by atoms with Crippen LogP contribution in [0, 0.1) is 5.82 Å². The number of aromatic nitrogens is 4. The molecule has 1 N–H and O–H groups in total. The number of carbonyl (C=O) groups is 2. The summed E-state index contributed by atoms with van der Waals surface area (Å²) in [5.41, 5.74) is 0.562. The van der Waals surface area contributed by atoms with Gasteiger partial charge in [0.2, 0.25) is 17.0 Å². The van der Waals surface area contributed by atoms with Crippen LogP contribution >= 0.6 is 11.8 Å². The van der Waals surface area contributed by atoms with E-state index in [0.29, 0.717) is 43.6 Å². The van der Waals surface area contributed by atoms with Crippen molar-refractivity contribution >= 4 is 29.3 Å². The molecule has 0 bridgehead atoms. The third kappa shape index (κ3) is 5.49. The topological polar surface area (TPSA) is 96.2 Å². The maximum absolute atomic E-state index is 12.9. The molecule has 9 nitrogen and oxygen atoms in total. The molecule has 3 rings (SSSR count). The van der Waals surface area contributed by atoms with Crippen LogP contribution < -0.4 is 5.32 Å². The average Bonchev–Trinajstić information content (AvgIpc) is 3.16. The lowest BCUT2D eigenvalue weighted by atomic mass is 10.3. The van der Waals surface area contributed by atoms with Gasteiger partial charge in [-0.1, -0.05) is 11.8 Å². The minimum absolute atomic E-state index is 0.0334. The summed E-state index contributed by atoms with van der Waals surface area (Å²) in [6.07, 6.45) is 0. The monoisotopic (exact) mass is 407 g/mol. The van der Waals surface area contributed by atoms with Gasteiger partial charge >= 0.3 is 0 Å². The van der Waals surface area contributed by atoms with Gasteiger partial charge < -0.3 is 10.2 Å². The van der Waals surface area contributed by atoms with Crippen LogP contribution in [0.4, 0.5) is 10.1 Å². The predicted molar refractivity (Wildman–Crippen MR) is 102 cm³/mol. The predicted octanol–water partition coefficient (Wildman–Crippen LogP) is 0.707. The Morgan fingerprint density at radius 2 is 1.89 bits per heavy atom. The molecule has 1 aliphatic rings. The fourth-order valence-electron chi connectivity index (χ4n) is 2.81. The maximum atomic E-state index is 12.9. The molecule has 1 saturated heterocycles. The van der Waals surface area contributed by atoms with E-state index in [9.17, 15) is 14.0 Å². The summed E-state index contributed by atoms with van der Waals surface area (Å²) in [5, 5.41) is 14.7. The van der Waals surface area contributed by atoms with Gasteiger partial charge in [0.05, 0.1) is 12.3 Å². The van der Waals surface area contributed by atoms with Crippen LogP contribution in [0.25, 0.3) is 0 Å². The van der Waals surface area contributed by atoms with Gasteiger partial charge in [-0.3, -0.25) is 14.5 Å². The van der Waals surface area contributed by atoms with E-state index in [1.807, 2.05) is 11.8 Å². The summed E-state index contributed by atoms with van der Waals surface area (Å²) < 4.78 is 14.6. The van der Waals surface area contributed by atoms with Crippen molar-refractivity contribution in [1.29, 1.82) is 0 Å². The van der Waals surface area contributed by atoms with Crippen LogP contribution in [-0.4, -0.2) is 80.3 Å².